The molecule has 0 spiro atoms. The van der Waals surface area contributed by atoms with Crippen LogP contribution in [0, 0.1) is 6.92 Å². The van der Waals surface area contributed by atoms with E-state index < -0.39 is 20.3 Å². The van der Waals surface area contributed by atoms with Crippen LogP contribution < -0.4 is 21.5 Å². The van der Waals surface area contributed by atoms with Crippen molar-refractivity contribution in [1.82, 2.24) is 15.1 Å². The van der Waals surface area contributed by atoms with Crippen LogP contribution in [0.15, 0.2) is 42.5 Å². The normalized spacial score (nSPS) is 15.0. The Labute approximate surface area is 250 Å². The van der Waals surface area contributed by atoms with Crippen molar-refractivity contribution < 1.29 is 18.8 Å². The van der Waals surface area contributed by atoms with Crippen LogP contribution in [0.3, 0.4) is 0 Å². The molecule has 10 heteroatoms. The number of nitrogens with zero attached hydrogens (tertiary/aromatic N) is 2. The second-order valence-corrected chi connectivity index (χ2v) is 17.5. The van der Waals surface area contributed by atoms with Gasteiger partial charge < -0.3 is 25.9 Å². The number of aryl methyl sites for hydroxylation is 1. The largest absolute Gasteiger partial charge is 0.496 e. The monoisotopic (exact) mass is 591 g/mol. The Hall–Kier alpha value is -3.63. The maximum atomic E-state index is 13.2. The van der Waals surface area contributed by atoms with Crippen molar-refractivity contribution in [2.45, 2.75) is 83.7 Å². The smallest absolute Gasteiger partial charge is 0.255 e. The van der Waals surface area contributed by atoms with Gasteiger partial charge in [0.1, 0.15) is 22.8 Å². The van der Waals surface area contributed by atoms with Gasteiger partial charge in [0.25, 0.3) is 11.8 Å². The number of ether oxygens (including phenoxy) is 1. The molecule has 9 nitrogen and oxygen atoms in total. The van der Waals surface area contributed by atoms with Crippen molar-refractivity contribution in [3.05, 3.63) is 64.7 Å². The van der Waals surface area contributed by atoms with Crippen LogP contribution in [-0.4, -0.2) is 43.6 Å². The zero-order valence-corrected chi connectivity index (χ0v) is 26.9. The molecule has 2 aromatic carbocycles. The standard InChI is InChI=1S/C32H45N5O4Si/c1-20-18-21(28-27(30(34)38)29(33)37(36-28)22-12-8-9-13-22)16-17-23(20)26(41-42(6,7)32(2,3)4)19-35-31(39)24-14-10-11-15-25(24)40-5/h10-11,14-18,22,26H,8-9,12-13,19,33H2,1-7H3,(H2,34,38)(H,35,39). The third-order valence-corrected chi connectivity index (χ3v) is 13.3. The first-order valence-corrected chi connectivity index (χ1v) is 17.5. The fourth-order valence-corrected chi connectivity index (χ4v) is 6.64. The van der Waals surface area contributed by atoms with Crippen molar-refractivity contribution in [2.75, 3.05) is 19.4 Å². The number of para-hydroxylation sites is 1. The van der Waals surface area contributed by atoms with E-state index in [0.29, 0.717) is 22.8 Å². The Morgan fingerprint density at radius 1 is 1.14 bits per heavy atom. The minimum absolute atomic E-state index is 0.0350. The molecule has 226 valence electrons. The lowest BCUT2D eigenvalue weighted by Crippen LogP contribution is -2.44. The van der Waals surface area contributed by atoms with Gasteiger partial charge in [-0.15, -0.1) is 0 Å². The summed E-state index contributed by atoms with van der Waals surface area (Å²) in [5.74, 6) is 0.0135. The molecule has 0 saturated heterocycles. The van der Waals surface area contributed by atoms with Gasteiger partial charge in [-0.25, -0.2) is 4.68 Å². The first-order valence-electron chi connectivity index (χ1n) is 14.6. The molecule has 1 aliphatic carbocycles. The Bertz CT molecular complexity index is 1450. The van der Waals surface area contributed by atoms with Gasteiger partial charge in [-0.05, 0) is 67.2 Å². The van der Waals surface area contributed by atoms with Gasteiger partial charge in [0.05, 0.1) is 24.8 Å². The quantitative estimate of drug-likeness (QED) is 0.242. The first kappa shape index (κ1) is 31.3. The summed E-state index contributed by atoms with van der Waals surface area (Å²) in [7, 11) is -0.683. The third kappa shape index (κ3) is 6.39. The maximum Gasteiger partial charge on any atom is 0.255 e. The second kappa shape index (κ2) is 12.3. The minimum atomic E-state index is -2.23. The molecule has 1 fully saturated rings. The molecule has 0 aliphatic heterocycles. The van der Waals surface area contributed by atoms with E-state index >= 15 is 0 Å². The van der Waals surface area contributed by atoms with E-state index in [2.05, 4.69) is 39.2 Å². The Morgan fingerprint density at radius 3 is 2.40 bits per heavy atom. The van der Waals surface area contributed by atoms with Crippen LogP contribution in [0.5, 0.6) is 5.75 Å². The number of methoxy groups -OCH3 is 1. The topological polar surface area (TPSA) is 134 Å². The molecular weight excluding hydrogens is 546 g/mol. The molecule has 0 radical (unpaired) electrons. The van der Waals surface area contributed by atoms with Gasteiger partial charge in [-0.2, -0.15) is 5.10 Å². The SMILES string of the molecule is COc1ccccc1C(=O)NCC(O[Si](C)(C)C(C)(C)C)c1ccc(-c2nn(C3CCCC3)c(N)c2C(N)=O)cc1C. The molecule has 1 aromatic heterocycles. The van der Waals surface area contributed by atoms with Crippen LogP contribution in [0.25, 0.3) is 11.3 Å². The van der Waals surface area contributed by atoms with Crippen molar-refractivity contribution in [3.63, 3.8) is 0 Å². The molecule has 1 heterocycles. The van der Waals surface area contributed by atoms with Gasteiger partial charge in [-0.1, -0.05) is 57.9 Å². The molecule has 1 atom stereocenters. The molecule has 42 heavy (non-hydrogen) atoms. The van der Waals surface area contributed by atoms with Crippen molar-refractivity contribution in [2.24, 2.45) is 5.73 Å². The number of amides is 2. The number of aromatic nitrogens is 2. The number of carbonyl (C=O) groups is 2. The van der Waals surface area contributed by atoms with Gasteiger partial charge in [-0.3, -0.25) is 9.59 Å². The van der Waals surface area contributed by atoms with E-state index in [1.807, 2.05) is 37.3 Å². The van der Waals surface area contributed by atoms with Crippen molar-refractivity contribution in [1.29, 1.82) is 0 Å². The van der Waals surface area contributed by atoms with Crippen LogP contribution in [0.2, 0.25) is 18.1 Å². The molecule has 3 aromatic rings. The lowest BCUT2D eigenvalue weighted by atomic mass is 9.97. The van der Waals surface area contributed by atoms with Crippen LogP contribution >= 0.6 is 0 Å². The summed E-state index contributed by atoms with van der Waals surface area (Å²) in [6, 6.07) is 13.2. The molecule has 1 saturated carbocycles. The fraction of sp³-hybridized carbons (Fsp3) is 0.469. The number of hydrogen-bond donors (Lipinski definition) is 3. The summed E-state index contributed by atoms with van der Waals surface area (Å²) in [6.07, 6.45) is 3.79. The number of carbonyl (C=O) groups excluding carboxylic acids is 2. The molecule has 1 aliphatic rings. The van der Waals surface area contributed by atoms with E-state index in [0.717, 1.165) is 42.4 Å². The van der Waals surface area contributed by atoms with Gasteiger partial charge >= 0.3 is 0 Å². The molecule has 0 bridgehead atoms. The van der Waals surface area contributed by atoms with E-state index in [1.165, 1.54) is 0 Å². The molecule has 2 amide bonds. The lowest BCUT2D eigenvalue weighted by molar-refractivity contribution is 0.0917. The van der Waals surface area contributed by atoms with E-state index in [-0.39, 0.29) is 29.1 Å². The molecule has 4 rings (SSSR count). The van der Waals surface area contributed by atoms with Crippen LogP contribution in [0.4, 0.5) is 5.82 Å². The average Bonchev–Trinajstić information content (AvgIpc) is 3.58. The third-order valence-electron chi connectivity index (χ3n) is 8.80. The van der Waals surface area contributed by atoms with E-state index in [1.54, 1.807) is 23.9 Å². The minimum Gasteiger partial charge on any atom is -0.496 e. The Balaban J connectivity index is 1.69. The highest BCUT2D eigenvalue weighted by Crippen LogP contribution is 2.41. The Morgan fingerprint density at radius 2 is 1.81 bits per heavy atom. The highest BCUT2D eigenvalue weighted by atomic mass is 28.4. The summed E-state index contributed by atoms with van der Waals surface area (Å²) in [6.45, 7) is 13.2. The summed E-state index contributed by atoms with van der Waals surface area (Å²) in [5.41, 5.74) is 16.1. The van der Waals surface area contributed by atoms with Gasteiger partial charge in [0.15, 0.2) is 8.32 Å². The summed E-state index contributed by atoms with van der Waals surface area (Å²) >= 11 is 0. The van der Waals surface area contributed by atoms with E-state index in [9.17, 15) is 9.59 Å². The Kier molecular flexibility index (Phi) is 9.17. The van der Waals surface area contributed by atoms with Crippen LogP contribution in [-0.2, 0) is 4.43 Å². The predicted molar refractivity (Wildman–Crippen MR) is 169 cm³/mol. The maximum absolute atomic E-state index is 13.2. The number of rotatable bonds is 10. The average molecular weight is 592 g/mol. The zero-order chi connectivity index (χ0) is 30.8. The fourth-order valence-electron chi connectivity index (χ4n) is 5.36. The number of nitrogens with two attached hydrogens (primary N) is 2. The first-order chi connectivity index (χ1) is 19.7. The number of benzene rings is 2. The zero-order valence-electron chi connectivity index (χ0n) is 25.9. The number of primary amides is 1. The second-order valence-electron chi connectivity index (χ2n) is 12.7. The van der Waals surface area contributed by atoms with Gasteiger partial charge in [0.2, 0.25) is 0 Å². The van der Waals surface area contributed by atoms with Crippen molar-refractivity contribution in [3.8, 4) is 17.0 Å². The van der Waals surface area contributed by atoms with E-state index in [4.69, 9.17) is 25.7 Å². The lowest BCUT2D eigenvalue weighted by Gasteiger charge is -2.39. The van der Waals surface area contributed by atoms with Crippen molar-refractivity contribution >= 4 is 25.9 Å². The number of nitrogen functional groups attached to an aromatic ring is 1. The highest BCUT2D eigenvalue weighted by molar-refractivity contribution is 6.74. The summed E-state index contributed by atoms with van der Waals surface area (Å²) < 4.78 is 14.1. The highest BCUT2D eigenvalue weighted by Gasteiger charge is 2.40. The summed E-state index contributed by atoms with van der Waals surface area (Å²) in [4.78, 5) is 25.7. The van der Waals surface area contributed by atoms with Crippen LogP contribution in [0.1, 0.15) is 90.4 Å². The van der Waals surface area contributed by atoms with Gasteiger partial charge in [0, 0.05) is 12.1 Å². The number of anilines is 1. The molecular formula is C32H45N5O4Si. The predicted octanol–water partition coefficient (Wildman–Crippen LogP) is 6.16. The number of hydrogen-bond acceptors (Lipinski definition) is 6. The molecule has 1 unspecified atom stereocenters. The summed E-state index contributed by atoms with van der Waals surface area (Å²) in [5, 5.41) is 7.83. The number of nitrogens with one attached hydrogen (secondary N) is 1. The molecule has 5 N–H and O–H groups in total.